The van der Waals surface area contributed by atoms with E-state index >= 15 is 0 Å². The zero-order valence-corrected chi connectivity index (χ0v) is 15.4. The topological polar surface area (TPSA) is 67.0 Å². The van der Waals surface area contributed by atoms with Gasteiger partial charge in [0.1, 0.15) is 11.5 Å². The molecular formula is C18H23ClN3O3+. The molecule has 25 heavy (non-hydrogen) atoms. The van der Waals surface area contributed by atoms with E-state index in [-0.39, 0.29) is 24.9 Å². The molecule has 0 fully saturated rings. The van der Waals surface area contributed by atoms with E-state index in [4.69, 9.17) is 16.0 Å². The highest BCUT2D eigenvalue weighted by atomic mass is 35.5. The first-order valence-corrected chi connectivity index (χ1v) is 8.37. The van der Waals surface area contributed by atoms with Gasteiger partial charge in [-0.15, -0.1) is 0 Å². The van der Waals surface area contributed by atoms with E-state index < -0.39 is 0 Å². The fourth-order valence-corrected chi connectivity index (χ4v) is 2.49. The Balaban J connectivity index is 1.77. The molecule has 0 aliphatic carbocycles. The highest BCUT2D eigenvalue weighted by molar-refractivity contribution is 6.30. The second-order valence-corrected chi connectivity index (χ2v) is 6.56. The SMILES string of the molecule is Cc1ccc(CN(C)C(=O)C[NH+](C)CC(=O)Nc2ccc(Cl)cc2)o1. The summed E-state index contributed by atoms with van der Waals surface area (Å²) in [7, 11) is 3.53. The molecule has 0 radical (unpaired) electrons. The number of furan rings is 1. The predicted molar refractivity (Wildman–Crippen MR) is 96.6 cm³/mol. The number of likely N-dealkylation sites (N-methyl/N-ethyl adjacent to an activating group) is 2. The van der Waals surface area contributed by atoms with Crippen molar-refractivity contribution in [1.29, 1.82) is 0 Å². The van der Waals surface area contributed by atoms with Gasteiger partial charge in [-0.1, -0.05) is 11.6 Å². The quantitative estimate of drug-likeness (QED) is 0.779. The van der Waals surface area contributed by atoms with Gasteiger partial charge in [0.25, 0.3) is 11.8 Å². The molecule has 7 heteroatoms. The number of carbonyl (C=O) groups is 2. The molecule has 1 aromatic carbocycles. The molecule has 2 N–H and O–H groups in total. The first kappa shape index (κ1) is 19.0. The van der Waals surface area contributed by atoms with E-state index in [1.807, 2.05) is 26.1 Å². The van der Waals surface area contributed by atoms with Crippen LogP contribution in [0.15, 0.2) is 40.8 Å². The summed E-state index contributed by atoms with van der Waals surface area (Å²) in [5.41, 5.74) is 0.679. The summed E-state index contributed by atoms with van der Waals surface area (Å²) in [6, 6.07) is 10.6. The highest BCUT2D eigenvalue weighted by Gasteiger charge is 2.18. The van der Waals surface area contributed by atoms with E-state index in [0.717, 1.165) is 16.4 Å². The first-order chi connectivity index (χ1) is 11.8. The second-order valence-electron chi connectivity index (χ2n) is 6.13. The molecule has 2 amide bonds. The third kappa shape index (κ3) is 6.25. The molecule has 0 saturated carbocycles. The fourth-order valence-electron chi connectivity index (χ4n) is 2.36. The van der Waals surface area contributed by atoms with Crippen LogP contribution in [-0.4, -0.2) is 43.9 Å². The van der Waals surface area contributed by atoms with Gasteiger partial charge in [-0.05, 0) is 43.3 Å². The summed E-state index contributed by atoms with van der Waals surface area (Å²) in [5.74, 6) is 1.35. The van der Waals surface area contributed by atoms with Crippen LogP contribution >= 0.6 is 11.6 Å². The van der Waals surface area contributed by atoms with Crippen molar-refractivity contribution in [3.63, 3.8) is 0 Å². The predicted octanol–water partition coefficient (Wildman–Crippen LogP) is 1.35. The fraction of sp³-hybridized carbons (Fsp3) is 0.333. The lowest BCUT2D eigenvalue weighted by Crippen LogP contribution is -3.11. The van der Waals surface area contributed by atoms with Crippen molar-refractivity contribution in [1.82, 2.24) is 4.90 Å². The van der Waals surface area contributed by atoms with Crippen LogP contribution in [0.3, 0.4) is 0 Å². The number of halogens is 1. The normalized spacial score (nSPS) is 11.8. The van der Waals surface area contributed by atoms with Gasteiger partial charge in [-0.2, -0.15) is 0 Å². The van der Waals surface area contributed by atoms with Gasteiger partial charge >= 0.3 is 0 Å². The van der Waals surface area contributed by atoms with Crippen LogP contribution < -0.4 is 10.2 Å². The number of hydrogen-bond acceptors (Lipinski definition) is 3. The lowest BCUT2D eigenvalue weighted by Gasteiger charge is -2.19. The molecule has 0 aliphatic heterocycles. The maximum absolute atomic E-state index is 12.3. The van der Waals surface area contributed by atoms with Crippen LogP contribution in [0.2, 0.25) is 5.02 Å². The van der Waals surface area contributed by atoms with Crippen molar-refractivity contribution in [3.8, 4) is 0 Å². The number of quaternary nitrogens is 1. The highest BCUT2D eigenvalue weighted by Crippen LogP contribution is 2.13. The average Bonchev–Trinajstić information content (AvgIpc) is 2.94. The molecule has 2 aromatic rings. The largest absolute Gasteiger partial charge is 0.464 e. The van der Waals surface area contributed by atoms with Crippen molar-refractivity contribution in [2.75, 3.05) is 32.5 Å². The number of carbonyl (C=O) groups excluding carboxylic acids is 2. The molecule has 1 aromatic heterocycles. The Bertz CT molecular complexity index is 727. The van der Waals surface area contributed by atoms with Crippen molar-refractivity contribution in [2.24, 2.45) is 0 Å². The Labute approximate surface area is 152 Å². The van der Waals surface area contributed by atoms with Crippen molar-refractivity contribution in [3.05, 3.63) is 52.9 Å². The monoisotopic (exact) mass is 364 g/mol. The molecule has 0 aliphatic rings. The van der Waals surface area contributed by atoms with Crippen molar-refractivity contribution in [2.45, 2.75) is 13.5 Å². The van der Waals surface area contributed by atoms with E-state index in [0.29, 0.717) is 17.3 Å². The molecule has 6 nitrogen and oxygen atoms in total. The number of benzene rings is 1. The van der Waals surface area contributed by atoms with E-state index in [1.54, 1.807) is 36.2 Å². The van der Waals surface area contributed by atoms with Crippen molar-refractivity contribution >= 4 is 29.1 Å². The van der Waals surface area contributed by atoms with E-state index in [2.05, 4.69) is 5.32 Å². The number of nitrogens with one attached hydrogen (secondary N) is 2. The minimum atomic E-state index is -0.156. The molecular weight excluding hydrogens is 342 g/mol. The average molecular weight is 365 g/mol. The summed E-state index contributed by atoms with van der Waals surface area (Å²) in [6.07, 6.45) is 0. The van der Waals surface area contributed by atoms with Crippen LogP contribution in [0.1, 0.15) is 11.5 Å². The molecule has 0 spiro atoms. The van der Waals surface area contributed by atoms with Gasteiger partial charge in [0.05, 0.1) is 13.6 Å². The van der Waals surface area contributed by atoms with Gasteiger partial charge in [-0.25, -0.2) is 0 Å². The zero-order valence-electron chi connectivity index (χ0n) is 14.6. The Hall–Kier alpha value is -2.31. The lowest BCUT2D eigenvalue weighted by atomic mass is 10.3. The van der Waals surface area contributed by atoms with Gasteiger partial charge in [-0.3, -0.25) is 9.59 Å². The third-order valence-corrected chi connectivity index (χ3v) is 3.91. The number of hydrogen-bond donors (Lipinski definition) is 2. The van der Waals surface area contributed by atoms with Gasteiger partial charge in [0.15, 0.2) is 13.1 Å². The molecule has 2 rings (SSSR count). The lowest BCUT2D eigenvalue weighted by molar-refractivity contribution is -0.862. The van der Waals surface area contributed by atoms with Gasteiger partial charge < -0.3 is 19.5 Å². The number of anilines is 1. The zero-order chi connectivity index (χ0) is 18.4. The summed E-state index contributed by atoms with van der Waals surface area (Å²) < 4.78 is 5.47. The Morgan fingerprint density at radius 2 is 1.84 bits per heavy atom. The Kier molecular flexibility index (Phi) is 6.61. The molecule has 134 valence electrons. The Morgan fingerprint density at radius 1 is 1.16 bits per heavy atom. The smallest absolute Gasteiger partial charge is 0.279 e. The minimum Gasteiger partial charge on any atom is -0.464 e. The Morgan fingerprint density at radius 3 is 2.44 bits per heavy atom. The number of rotatable bonds is 7. The van der Waals surface area contributed by atoms with Crippen LogP contribution in [0, 0.1) is 6.92 Å². The van der Waals surface area contributed by atoms with Crippen LogP contribution in [0.4, 0.5) is 5.69 Å². The van der Waals surface area contributed by atoms with Crippen LogP contribution in [0.5, 0.6) is 0 Å². The molecule has 1 atom stereocenters. The molecule has 0 bridgehead atoms. The molecule has 1 heterocycles. The van der Waals surface area contributed by atoms with Gasteiger partial charge in [0, 0.05) is 17.8 Å². The summed E-state index contributed by atoms with van der Waals surface area (Å²) >= 11 is 5.81. The maximum Gasteiger partial charge on any atom is 0.279 e. The summed E-state index contributed by atoms with van der Waals surface area (Å²) in [4.78, 5) is 26.7. The van der Waals surface area contributed by atoms with E-state index in [1.165, 1.54) is 0 Å². The standard InChI is InChI=1S/C18H22ClN3O3/c1-13-4-9-16(25-13)10-22(3)18(24)12-21(2)11-17(23)20-15-7-5-14(19)6-8-15/h4-9H,10-12H2,1-3H3,(H,20,23)/p+1. The summed E-state index contributed by atoms with van der Waals surface area (Å²) in [5, 5.41) is 3.40. The molecule has 1 unspecified atom stereocenters. The number of nitrogens with zero attached hydrogens (tertiary/aromatic N) is 1. The summed E-state index contributed by atoms with van der Waals surface area (Å²) in [6.45, 7) is 2.70. The number of amides is 2. The third-order valence-electron chi connectivity index (χ3n) is 3.66. The van der Waals surface area contributed by atoms with Crippen LogP contribution in [0.25, 0.3) is 0 Å². The second kappa shape index (κ2) is 8.69. The molecule has 0 saturated heterocycles. The van der Waals surface area contributed by atoms with Crippen LogP contribution in [-0.2, 0) is 16.1 Å². The van der Waals surface area contributed by atoms with Gasteiger partial charge in [0.2, 0.25) is 0 Å². The first-order valence-electron chi connectivity index (χ1n) is 7.99. The van der Waals surface area contributed by atoms with Crippen molar-refractivity contribution < 1.29 is 18.9 Å². The number of aryl methyl sites for hydroxylation is 1. The van der Waals surface area contributed by atoms with E-state index in [9.17, 15) is 9.59 Å². The minimum absolute atomic E-state index is 0.0501. The maximum atomic E-state index is 12.3.